The van der Waals surface area contributed by atoms with E-state index in [1.54, 1.807) is 17.4 Å². The summed E-state index contributed by atoms with van der Waals surface area (Å²) < 4.78 is 0. The lowest BCUT2D eigenvalue weighted by molar-refractivity contribution is 0.606. The van der Waals surface area contributed by atoms with Crippen molar-refractivity contribution in [2.45, 2.75) is 19.4 Å². The molecule has 4 heteroatoms. The third kappa shape index (κ3) is 3.48. The Morgan fingerprint density at radius 3 is 2.50 bits per heavy atom. The zero-order valence-corrected chi connectivity index (χ0v) is 12.4. The van der Waals surface area contributed by atoms with Crippen molar-refractivity contribution in [3.63, 3.8) is 0 Å². The standard InChI is InChI=1S/C14H15Cl2NS/c1-2-5-17-14(13-4-3-6-18-13)10-7-11(15)9-12(16)8-10/h3-4,6-9,14,17H,2,5H2,1H3. The summed E-state index contributed by atoms with van der Waals surface area (Å²) in [7, 11) is 0. The zero-order valence-electron chi connectivity index (χ0n) is 10.1. The van der Waals surface area contributed by atoms with Gasteiger partial charge in [-0.1, -0.05) is 36.2 Å². The highest BCUT2D eigenvalue weighted by atomic mass is 35.5. The molecular formula is C14H15Cl2NS. The van der Waals surface area contributed by atoms with Gasteiger partial charge in [0, 0.05) is 14.9 Å². The Morgan fingerprint density at radius 1 is 1.22 bits per heavy atom. The molecule has 2 aromatic rings. The van der Waals surface area contributed by atoms with E-state index in [1.165, 1.54) is 4.88 Å². The Labute approximate surface area is 122 Å². The summed E-state index contributed by atoms with van der Waals surface area (Å²) in [5.41, 5.74) is 1.11. The molecule has 1 atom stereocenters. The van der Waals surface area contributed by atoms with Gasteiger partial charge < -0.3 is 5.32 Å². The van der Waals surface area contributed by atoms with Crippen LogP contribution in [0, 0.1) is 0 Å². The third-order valence-electron chi connectivity index (χ3n) is 2.64. The van der Waals surface area contributed by atoms with Crippen molar-refractivity contribution in [3.05, 3.63) is 56.2 Å². The minimum absolute atomic E-state index is 0.168. The highest BCUT2D eigenvalue weighted by molar-refractivity contribution is 7.10. The van der Waals surface area contributed by atoms with E-state index < -0.39 is 0 Å². The van der Waals surface area contributed by atoms with Crippen molar-refractivity contribution >= 4 is 34.5 Å². The Morgan fingerprint density at radius 2 is 1.94 bits per heavy atom. The van der Waals surface area contributed by atoms with Crippen molar-refractivity contribution in [3.8, 4) is 0 Å². The first-order valence-electron chi connectivity index (χ1n) is 5.93. The number of rotatable bonds is 5. The smallest absolute Gasteiger partial charge is 0.0672 e. The Balaban J connectivity index is 2.33. The van der Waals surface area contributed by atoms with Gasteiger partial charge in [0.15, 0.2) is 0 Å². The summed E-state index contributed by atoms with van der Waals surface area (Å²) >= 11 is 13.9. The number of hydrogen-bond donors (Lipinski definition) is 1. The number of benzene rings is 1. The van der Waals surface area contributed by atoms with E-state index in [-0.39, 0.29) is 6.04 Å². The van der Waals surface area contributed by atoms with Crippen molar-refractivity contribution < 1.29 is 0 Å². The predicted octanol–water partition coefficient (Wildman–Crippen LogP) is 5.14. The van der Waals surface area contributed by atoms with Gasteiger partial charge in [-0.05, 0) is 48.2 Å². The number of nitrogens with one attached hydrogen (secondary N) is 1. The molecule has 0 aliphatic carbocycles. The van der Waals surface area contributed by atoms with Gasteiger partial charge in [-0.15, -0.1) is 11.3 Å². The minimum atomic E-state index is 0.168. The van der Waals surface area contributed by atoms with Crippen LogP contribution in [0.2, 0.25) is 10.0 Å². The molecule has 1 aromatic heterocycles. The summed E-state index contributed by atoms with van der Waals surface area (Å²) in [4.78, 5) is 1.28. The molecule has 1 aromatic carbocycles. The van der Waals surface area contributed by atoms with Crippen LogP contribution in [0.3, 0.4) is 0 Å². The number of halogens is 2. The fourth-order valence-electron chi connectivity index (χ4n) is 1.87. The zero-order chi connectivity index (χ0) is 13.0. The van der Waals surface area contributed by atoms with E-state index in [0.717, 1.165) is 18.5 Å². The van der Waals surface area contributed by atoms with Gasteiger partial charge in [-0.2, -0.15) is 0 Å². The molecule has 0 spiro atoms. The molecule has 0 amide bonds. The van der Waals surface area contributed by atoms with Gasteiger partial charge in [0.25, 0.3) is 0 Å². The summed E-state index contributed by atoms with van der Waals surface area (Å²) in [6.07, 6.45) is 1.09. The van der Waals surface area contributed by atoms with Crippen LogP contribution in [0.15, 0.2) is 35.7 Å². The van der Waals surface area contributed by atoms with Crippen LogP contribution in [0.5, 0.6) is 0 Å². The van der Waals surface area contributed by atoms with E-state index in [1.807, 2.05) is 12.1 Å². The van der Waals surface area contributed by atoms with Crippen LogP contribution in [0.1, 0.15) is 29.8 Å². The van der Waals surface area contributed by atoms with Crippen LogP contribution >= 0.6 is 34.5 Å². The van der Waals surface area contributed by atoms with Crippen molar-refractivity contribution in [2.75, 3.05) is 6.54 Å². The second-order valence-electron chi connectivity index (χ2n) is 4.11. The molecule has 2 rings (SSSR count). The lowest BCUT2D eigenvalue weighted by Gasteiger charge is -2.18. The summed E-state index contributed by atoms with van der Waals surface area (Å²) in [5, 5.41) is 6.98. The van der Waals surface area contributed by atoms with Crippen molar-refractivity contribution in [1.29, 1.82) is 0 Å². The fraction of sp³-hybridized carbons (Fsp3) is 0.286. The maximum Gasteiger partial charge on any atom is 0.0672 e. The quantitative estimate of drug-likeness (QED) is 0.805. The van der Waals surface area contributed by atoms with E-state index in [9.17, 15) is 0 Å². The number of thiophene rings is 1. The second-order valence-corrected chi connectivity index (χ2v) is 5.96. The molecule has 0 saturated heterocycles. The molecule has 0 bridgehead atoms. The Hall–Kier alpha value is -0.540. The molecular weight excluding hydrogens is 285 g/mol. The highest BCUT2D eigenvalue weighted by Gasteiger charge is 2.15. The van der Waals surface area contributed by atoms with Crippen LogP contribution < -0.4 is 5.32 Å². The largest absolute Gasteiger partial charge is 0.306 e. The summed E-state index contributed by atoms with van der Waals surface area (Å²) in [6, 6.07) is 10.1. The molecule has 0 radical (unpaired) electrons. The van der Waals surface area contributed by atoms with Crippen molar-refractivity contribution in [2.24, 2.45) is 0 Å². The van der Waals surface area contributed by atoms with E-state index in [2.05, 4.69) is 29.8 Å². The van der Waals surface area contributed by atoms with Crippen LogP contribution in [-0.2, 0) is 0 Å². The van der Waals surface area contributed by atoms with Crippen molar-refractivity contribution in [1.82, 2.24) is 5.32 Å². The highest BCUT2D eigenvalue weighted by Crippen LogP contribution is 2.30. The molecule has 0 aliphatic rings. The Bertz CT molecular complexity index is 476. The first kappa shape index (κ1) is 13.9. The third-order valence-corrected chi connectivity index (χ3v) is 4.02. The molecule has 1 N–H and O–H groups in total. The second kappa shape index (κ2) is 6.58. The van der Waals surface area contributed by atoms with E-state index in [4.69, 9.17) is 23.2 Å². The SMILES string of the molecule is CCCNC(c1cc(Cl)cc(Cl)c1)c1cccs1. The minimum Gasteiger partial charge on any atom is -0.306 e. The monoisotopic (exact) mass is 299 g/mol. The molecule has 0 aliphatic heterocycles. The first-order chi connectivity index (χ1) is 8.70. The normalized spacial score (nSPS) is 12.6. The lowest BCUT2D eigenvalue weighted by atomic mass is 10.1. The van der Waals surface area contributed by atoms with Gasteiger partial charge in [0.05, 0.1) is 6.04 Å². The van der Waals surface area contributed by atoms with Gasteiger partial charge in [-0.3, -0.25) is 0 Å². The molecule has 1 heterocycles. The van der Waals surface area contributed by atoms with Crippen LogP contribution in [0.4, 0.5) is 0 Å². The van der Waals surface area contributed by atoms with E-state index in [0.29, 0.717) is 10.0 Å². The van der Waals surface area contributed by atoms with Gasteiger partial charge in [0.1, 0.15) is 0 Å². The molecule has 96 valence electrons. The van der Waals surface area contributed by atoms with Crippen LogP contribution in [0.25, 0.3) is 0 Å². The fourth-order valence-corrected chi connectivity index (χ4v) is 3.24. The summed E-state index contributed by atoms with van der Waals surface area (Å²) in [6.45, 7) is 3.12. The topological polar surface area (TPSA) is 12.0 Å². The molecule has 0 fully saturated rings. The van der Waals surface area contributed by atoms with Gasteiger partial charge >= 0.3 is 0 Å². The van der Waals surface area contributed by atoms with Gasteiger partial charge in [-0.25, -0.2) is 0 Å². The maximum atomic E-state index is 6.08. The molecule has 1 nitrogen and oxygen atoms in total. The number of hydrogen-bond acceptors (Lipinski definition) is 2. The average molecular weight is 300 g/mol. The Kier molecular flexibility index (Phi) is 5.07. The maximum absolute atomic E-state index is 6.08. The van der Waals surface area contributed by atoms with Crippen LogP contribution in [-0.4, -0.2) is 6.54 Å². The average Bonchev–Trinajstić information content (AvgIpc) is 2.82. The molecule has 0 saturated carbocycles. The lowest BCUT2D eigenvalue weighted by Crippen LogP contribution is -2.22. The molecule has 18 heavy (non-hydrogen) atoms. The predicted molar refractivity (Wildman–Crippen MR) is 80.9 cm³/mol. The van der Waals surface area contributed by atoms with Gasteiger partial charge in [0.2, 0.25) is 0 Å². The molecule has 1 unspecified atom stereocenters. The first-order valence-corrected chi connectivity index (χ1v) is 7.57. The van der Waals surface area contributed by atoms with E-state index >= 15 is 0 Å². The summed E-state index contributed by atoms with van der Waals surface area (Å²) in [5.74, 6) is 0.